The second-order valence-electron chi connectivity index (χ2n) is 6.45. The first-order valence-corrected chi connectivity index (χ1v) is 9.99. The molecule has 0 saturated carbocycles. The molecule has 1 N–H and O–H groups in total. The zero-order chi connectivity index (χ0) is 18.6. The zero-order valence-corrected chi connectivity index (χ0v) is 16.0. The molecule has 0 aliphatic carbocycles. The lowest BCUT2D eigenvalue weighted by atomic mass is 10.1. The van der Waals surface area contributed by atoms with E-state index in [0.29, 0.717) is 18.1 Å². The molecule has 27 heavy (non-hydrogen) atoms. The number of hydrogen-bond acceptors (Lipinski definition) is 3. The van der Waals surface area contributed by atoms with E-state index in [4.69, 9.17) is 0 Å². The SMILES string of the molecule is CCc1ccc(-c2csc(NC(=O)CCn3ccc4ccccc43)n2)cc1. The predicted octanol–water partition coefficient (Wildman–Crippen LogP) is 5.36. The molecule has 0 spiro atoms. The summed E-state index contributed by atoms with van der Waals surface area (Å²) in [6.07, 6.45) is 3.47. The predicted molar refractivity (Wildman–Crippen MR) is 112 cm³/mol. The normalized spacial score (nSPS) is 11.0. The minimum atomic E-state index is -0.0185. The number of amides is 1. The fourth-order valence-corrected chi connectivity index (χ4v) is 3.85. The maximum atomic E-state index is 12.3. The number of aryl methyl sites for hydroxylation is 2. The lowest BCUT2D eigenvalue weighted by Crippen LogP contribution is -2.14. The van der Waals surface area contributed by atoms with Crippen LogP contribution in [0.3, 0.4) is 0 Å². The number of carbonyl (C=O) groups is 1. The monoisotopic (exact) mass is 375 g/mol. The van der Waals surface area contributed by atoms with Gasteiger partial charge in [0.2, 0.25) is 5.91 Å². The lowest BCUT2D eigenvalue weighted by Gasteiger charge is -2.05. The minimum Gasteiger partial charge on any atom is -0.347 e. The van der Waals surface area contributed by atoms with Crippen LogP contribution in [0.2, 0.25) is 0 Å². The van der Waals surface area contributed by atoms with Gasteiger partial charge in [0.25, 0.3) is 0 Å². The van der Waals surface area contributed by atoms with E-state index in [1.54, 1.807) is 0 Å². The van der Waals surface area contributed by atoms with Crippen molar-refractivity contribution in [3.05, 3.63) is 71.7 Å². The van der Waals surface area contributed by atoms with E-state index in [1.165, 1.54) is 22.3 Å². The van der Waals surface area contributed by atoms with E-state index >= 15 is 0 Å². The molecule has 5 heteroatoms. The Bertz CT molecular complexity index is 1060. The molecule has 0 unspecified atom stereocenters. The highest BCUT2D eigenvalue weighted by atomic mass is 32.1. The first kappa shape index (κ1) is 17.5. The third-order valence-electron chi connectivity index (χ3n) is 4.67. The van der Waals surface area contributed by atoms with E-state index in [-0.39, 0.29) is 5.91 Å². The van der Waals surface area contributed by atoms with Crippen molar-refractivity contribution in [3.8, 4) is 11.3 Å². The number of fused-ring (bicyclic) bond motifs is 1. The molecule has 4 aromatic rings. The summed E-state index contributed by atoms with van der Waals surface area (Å²) in [5.74, 6) is -0.0185. The number of thiazole rings is 1. The Morgan fingerprint density at radius 1 is 1.11 bits per heavy atom. The Labute approximate surface area is 162 Å². The van der Waals surface area contributed by atoms with Crippen LogP contribution in [0.4, 0.5) is 5.13 Å². The van der Waals surface area contributed by atoms with Gasteiger partial charge in [-0.25, -0.2) is 4.98 Å². The van der Waals surface area contributed by atoms with Crippen molar-refractivity contribution < 1.29 is 4.79 Å². The number of nitrogens with zero attached hydrogens (tertiary/aromatic N) is 2. The molecule has 2 aromatic carbocycles. The Kier molecular flexibility index (Phi) is 5.03. The number of rotatable bonds is 6. The molecule has 0 aliphatic heterocycles. The highest BCUT2D eigenvalue weighted by Crippen LogP contribution is 2.25. The second-order valence-corrected chi connectivity index (χ2v) is 7.31. The first-order valence-electron chi connectivity index (χ1n) is 9.11. The number of para-hydroxylation sites is 1. The van der Waals surface area contributed by atoms with Crippen LogP contribution in [0, 0.1) is 0 Å². The number of anilines is 1. The third-order valence-corrected chi connectivity index (χ3v) is 5.43. The van der Waals surface area contributed by atoms with Crippen LogP contribution in [0.5, 0.6) is 0 Å². The average Bonchev–Trinajstić information content (AvgIpc) is 3.33. The van der Waals surface area contributed by atoms with E-state index in [9.17, 15) is 4.79 Å². The Hall–Kier alpha value is -2.92. The fourth-order valence-electron chi connectivity index (χ4n) is 3.11. The fraction of sp³-hybridized carbons (Fsp3) is 0.182. The van der Waals surface area contributed by atoms with E-state index < -0.39 is 0 Å². The Morgan fingerprint density at radius 3 is 2.74 bits per heavy atom. The maximum absolute atomic E-state index is 12.3. The molecule has 0 fully saturated rings. The van der Waals surface area contributed by atoms with Crippen LogP contribution in [0.15, 0.2) is 66.2 Å². The van der Waals surface area contributed by atoms with Crippen LogP contribution in [0.1, 0.15) is 18.9 Å². The molecule has 0 atom stereocenters. The van der Waals surface area contributed by atoms with Gasteiger partial charge in [0.15, 0.2) is 5.13 Å². The van der Waals surface area contributed by atoms with Crippen LogP contribution in [-0.4, -0.2) is 15.5 Å². The minimum absolute atomic E-state index is 0.0185. The second kappa shape index (κ2) is 7.76. The van der Waals surface area contributed by atoms with Gasteiger partial charge in [0.1, 0.15) is 0 Å². The van der Waals surface area contributed by atoms with Gasteiger partial charge in [-0.05, 0) is 29.5 Å². The van der Waals surface area contributed by atoms with Crippen LogP contribution >= 0.6 is 11.3 Å². The standard InChI is InChI=1S/C22H21N3OS/c1-2-16-7-9-17(10-8-16)19-15-27-22(23-19)24-21(26)12-14-25-13-11-18-5-3-4-6-20(18)25/h3-11,13,15H,2,12,14H2,1H3,(H,23,24,26). The maximum Gasteiger partial charge on any atom is 0.227 e. The van der Waals surface area contributed by atoms with Crippen molar-refractivity contribution in [2.24, 2.45) is 0 Å². The van der Waals surface area contributed by atoms with Gasteiger partial charge in [-0.2, -0.15) is 0 Å². The van der Waals surface area contributed by atoms with Gasteiger partial charge in [-0.15, -0.1) is 11.3 Å². The third kappa shape index (κ3) is 3.93. The van der Waals surface area contributed by atoms with Crippen LogP contribution < -0.4 is 5.32 Å². The first-order chi connectivity index (χ1) is 13.2. The molecule has 4 nitrogen and oxygen atoms in total. The number of nitrogens with one attached hydrogen (secondary N) is 1. The van der Waals surface area contributed by atoms with E-state index in [1.807, 2.05) is 23.7 Å². The number of benzene rings is 2. The summed E-state index contributed by atoms with van der Waals surface area (Å²) in [4.78, 5) is 16.9. The summed E-state index contributed by atoms with van der Waals surface area (Å²) in [6, 6.07) is 18.7. The van der Waals surface area contributed by atoms with Crippen molar-refractivity contribution in [2.45, 2.75) is 26.3 Å². The number of carbonyl (C=O) groups excluding carboxylic acids is 1. The smallest absolute Gasteiger partial charge is 0.227 e. The molecular weight excluding hydrogens is 354 g/mol. The van der Waals surface area contributed by atoms with Crippen molar-refractivity contribution in [2.75, 3.05) is 5.32 Å². The summed E-state index contributed by atoms with van der Waals surface area (Å²) >= 11 is 1.46. The van der Waals surface area contributed by atoms with Gasteiger partial charge in [-0.3, -0.25) is 4.79 Å². The molecule has 0 saturated heterocycles. The number of aromatic nitrogens is 2. The van der Waals surface area contributed by atoms with Gasteiger partial charge in [0.05, 0.1) is 5.69 Å². The summed E-state index contributed by atoms with van der Waals surface area (Å²) < 4.78 is 2.11. The molecule has 136 valence electrons. The van der Waals surface area contributed by atoms with Gasteiger partial charge in [-0.1, -0.05) is 49.4 Å². The highest BCUT2D eigenvalue weighted by molar-refractivity contribution is 7.14. The summed E-state index contributed by atoms with van der Waals surface area (Å²) in [6.45, 7) is 2.79. The van der Waals surface area contributed by atoms with Crippen molar-refractivity contribution in [3.63, 3.8) is 0 Å². The van der Waals surface area contributed by atoms with Gasteiger partial charge >= 0.3 is 0 Å². The molecule has 2 aromatic heterocycles. The van der Waals surface area contributed by atoms with Crippen molar-refractivity contribution in [1.29, 1.82) is 0 Å². The largest absolute Gasteiger partial charge is 0.347 e. The average molecular weight is 375 g/mol. The van der Waals surface area contributed by atoms with Crippen LogP contribution in [0.25, 0.3) is 22.2 Å². The molecule has 0 aliphatic rings. The molecule has 1 amide bonds. The molecule has 0 radical (unpaired) electrons. The quantitative estimate of drug-likeness (QED) is 0.493. The number of hydrogen-bond donors (Lipinski definition) is 1. The Balaban J connectivity index is 1.37. The van der Waals surface area contributed by atoms with Gasteiger partial charge in [0, 0.05) is 35.6 Å². The van der Waals surface area contributed by atoms with Crippen molar-refractivity contribution >= 4 is 33.3 Å². The molecule has 2 heterocycles. The van der Waals surface area contributed by atoms with Crippen molar-refractivity contribution in [1.82, 2.24) is 9.55 Å². The summed E-state index contributed by atoms with van der Waals surface area (Å²) in [5, 5.41) is 6.74. The topological polar surface area (TPSA) is 46.9 Å². The summed E-state index contributed by atoms with van der Waals surface area (Å²) in [7, 11) is 0. The molecule has 0 bridgehead atoms. The molecular formula is C22H21N3OS. The lowest BCUT2D eigenvalue weighted by molar-refractivity contribution is -0.116. The van der Waals surface area contributed by atoms with Crippen LogP contribution in [-0.2, 0) is 17.8 Å². The summed E-state index contributed by atoms with van der Waals surface area (Å²) in [5.41, 5.74) is 4.43. The highest BCUT2D eigenvalue weighted by Gasteiger charge is 2.09. The van der Waals surface area contributed by atoms with Gasteiger partial charge < -0.3 is 9.88 Å². The van der Waals surface area contributed by atoms with E-state index in [0.717, 1.165) is 23.2 Å². The zero-order valence-electron chi connectivity index (χ0n) is 15.2. The molecule has 4 rings (SSSR count). The Morgan fingerprint density at radius 2 is 1.93 bits per heavy atom. The van der Waals surface area contributed by atoms with E-state index in [2.05, 4.69) is 64.3 Å².